The smallest absolute Gasteiger partial charge is 0.403 e. The Morgan fingerprint density at radius 2 is 1.61 bits per heavy atom. The van der Waals surface area contributed by atoms with E-state index in [-0.39, 0.29) is 6.67 Å². The topological polar surface area (TPSA) is 9.23 Å². The molecule has 0 aromatic heterocycles. The zero-order chi connectivity index (χ0) is 22.3. The van der Waals surface area contributed by atoms with Crippen molar-refractivity contribution in [1.82, 2.24) is 0 Å². The molecule has 2 aromatic rings. The van der Waals surface area contributed by atoms with Crippen molar-refractivity contribution in [2.45, 2.75) is 51.3 Å². The molecule has 0 aliphatic heterocycles. The number of hydrogen-bond donors (Lipinski definition) is 0. The summed E-state index contributed by atoms with van der Waals surface area (Å²) >= 11 is 0. The summed E-state index contributed by atoms with van der Waals surface area (Å²) in [5.74, 6) is -0.606. The van der Waals surface area contributed by atoms with Gasteiger partial charge in [-0.3, -0.25) is 4.39 Å². The minimum absolute atomic E-state index is 0.294. The van der Waals surface area contributed by atoms with Crippen LogP contribution in [0.25, 0.3) is 11.1 Å². The molecule has 1 fully saturated rings. The molecule has 0 unspecified atom stereocenters. The first-order valence-electron chi connectivity index (χ1n) is 10.7. The number of rotatable bonds is 8. The molecule has 3 rings (SSSR count). The fourth-order valence-corrected chi connectivity index (χ4v) is 4.14. The van der Waals surface area contributed by atoms with E-state index in [9.17, 15) is 22.0 Å². The van der Waals surface area contributed by atoms with Crippen molar-refractivity contribution in [3.63, 3.8) is 0 Å². The van der Waals surface area contributed by atoms with Gasteiger partial charge in [-0.1, -0.05) is 42.5 Å². The summed E-state index contributed by atoms with van der Waals surface area (Å²) in [4.78, 5) is 0. The van der Waals surface area contributed by atoms with Crippen molar-refractivity contribution in [2.24, 2.45) is 11.8 Å². The summed E-state index contributed by atoms with van der Waals surface area (Å²) in [6, 6.07) is 11.2. The number of ether oxygens (including phenoxy) is 1. The molecule has 0 amide bonds. The van der Waals surface area contributed by atoms with Gasteiger partial charge in [0.2, 0.25) is 0 Å². The van der Waals surface area contributed by atoms with Gasteiger partial charge in [-0.05, 0) is 85.6 Å². The number of benzene rings is 2. The minimum Gasteiger partial charge on any atom is -0.403 e. The quantitative estimate of drug-likeness (QED) is 0.299. The second-order valence-corrected chi connectivity index (χ2v) is 8.12. The van der Waals surface area contributed by atoms with E-state index < -0.39 is 17.9 Å². The lowest BCUT2D eigenvalue weighted by Gasteiger charge is -2.26. The Morgan fingerprint density at radius 3 is 2.23 bits per heavy atom. The Hall–Kier alpha value is -2.37. The number of alkyl halides is 4. The van der Waals surface area contributed by atoms with Crippen LogP contribution in [0.1, 0.15) is 44.1 Å². The molecule has 0 bridgehead atoms. The highest BCUT2D eigenvalue weighted by Gasteiger charge is 2.32. The Bertz CT molecular complexity index is 849. The normalized spacial score (nSPS) is 19.6. The van der Waals surface area contributed by atoms with Crippen molar-refractivity contribution in [3.8, 4) is 16.9 Å². The van der Waals surface area contributed by atoms with Crippen LogP contribution in [0.3, 0.4) is 0 Å². The zero-order valence-corrected chi connectivity index (χ0v) is 17.3. The summed E-state index contributed by atoms with van der Waals surface area (Å²) in [5, 5.41) is 0. The predicted octanol–water partition coefficient (Wildman–Crippen LogP) is 8.05. The van der Waals surface area contributed by atoms with Gasteiger partial charge in [0.25, 0.3) is 0 Å². The van der Waals surface area contributed by atoms with Crippen LogP contribution >= 0.6 is 0 Å². The molecular formula is C25H27F5O. The van der Waals surface area contributed by atoms with Crippen LogP contribution in [-0.4, -0.2) is 13.0 Å². The molecule has 0 spiro atoms. The van der Waals surface area contributed by atoms with Crippen molar-refractivity contribution in [2.75, 3.05) is 6.67 Å². The number of halogens is 5. The van der Waals surface area contributed by atoms with E-state index in [0.717, 1.165) is 43.4 Å². The number of aryl methyl sites for hydroxylation is 1. The third-order valence-electron chi connectivity index (χ3n) is 5.86. The maximum Gasteiger partial charge on any atom is 0.573 e. The maximum absolute atomic E-state index is 13.9. The average Bonchev–Trinajstić information content (AvgIpc) is 2.74. The van der Waals surface area contributed by atoms with E-state index in [1.165, 1.54) is 24.5 Å². The SMILES string of the molecule is FCC/C=C/[C@H]1CC[C@H](CCc2ccc(-c3ccc(OC(F)(F)F)c(F)c3)cc2)CC1. The maximum atomic E-state index is 13.9. The summed E-state index contributed by atoms with van der Waals surface area (Å²) in [7, 11) is 0. The monoisotopic (exact) mass is 438 g/mol. The highest BCUT2D eigenvalue weighted by molar-refractivity contribution is 5.64. The standard InChI is InChI=1S/C25H27F5O/c26-16-2-1-3-18-4-6-19(7-5-18)8-9-20-10-12-21(13-11-20)22-14-15-24(23(27)17-22)31-25(28,29)30/h1,3,10-15,17-19H,2,4-9,16H2/b3-1+/t18-,19-. The lowest BCUT2D eigenvalue weighted by molar-refractivity contribution is -0.275. The lowest BCUT2D eigenvalue weighted by atomic mass is 9.79. The van der Waals surface area contributed by atoms with E-state index in [4.69, 9.17) is 0 Å². The molecule has 2 aromatic carbocycles. The highest BCUT2D eigenvalue weighted by atomic mass is 19.4. The minimum atomic E-state index is -4.92. The van der Waals surface area contributed by atoms with Crippen molar-refractivity contribution in [3.05, 3.63) is 66.0 Å². The zero-order valence-electron chi connectivity index (χ0n) is 17.3. The Morgan fingerprint density at radius 1 is 0.935 bits per heavy atom. The Labute approximate surface area is 179 Å². The van der Waals surface area contributed by atoms with Gasteiger partial charge in [0.15, 0.2) is 11.6 Å². The van der Waals surface area contributed by atoms with E-state index in [0.29, 0.717) is 23.8 Å². The lowest BCUT2D eigenvalue weighted by Crippen LogP contribution is -2.17. The summed E-state index contributed by atoms with van der Waals surface area (Å²) in [6.07, 6.45) is 6.47. The molecule has 1 aliphatic carbocycles. The van der Waals surface area contributed by atoms with Crippen molar-refractivity contribution < 1.29 is 26.7 Å². The molecule has 0 heterocycles. The molecule has 31 heavy (non-hydrogen) atoms. The van der Waals surface area contributed by atoms with Gasteiger partial charge in [0.05, 0.1) is 6.67 Å². The van der Waals surface area contributed by atoms with Gasteiger partial charge in [-0.2, -0.15) is 0 Å². The van der Waals surface area contributed by atoms with Gasteiger partial charge in [0.1, 0.15) is 0 Å². The molecule has 1 nitrogen and oxygen atoms in total. The van der Waals surface area contributed by atoms with E-state index in [2.05, 4.69) is 10.8 Å². The van der Waals surface area contributed by atoms with E-state index >= 15 is 0 Å². The molecule has 1 aliphatic rings. The molecular weight excluding hydrogens is 411 g/mol. The highest BCUT2D eigenvalue weighted by Crippen LogP contribution is 2.33. The Balaban J connectivity index is 1.50. The van der Waals surface area contributed by atoms with Gasteiger partial charge < -0.3 is 4.74 Å². The predicted molar refractivity (Wildman–Crippen MR) is 112 cm³/mol. The van der Waals surface area contributed by atoms with Gasteiger partial charge in [0, 0.05) is 0 Å². The first-order valence-corrected chi connectivity index (χ1v) is 10.7. The third kappa shape index (κ3) is 7.37. The van der Waals surface area contributed by atoms with Crippen LogP contribution in [0.4, 0.5) is 22.0 Å². The van der Waals surface area contributed by atoms with Crippen LogP contribution in [-0.2, 0) is 6.42 Å². The molecule has 0 saturated heterocycles. The fraction of sp³-hybridized carbons (Fsp3) is 0.440. The molecule has 0 radical (unpaired) electrons. The Kier molecular flexibility index (Phi) is 8.10. The molecule has 1 saturated carbocycles. The van der Waals surface area contributed by atoms with Gasteiger partial charge in [-0.25, -0.2) is 4.39 Å². The van der Waals surface area contributed by atoms with E-state index in [1.807, 2.05) is 30.3 Å². The number of allylic oxidation sites excluding steroid dienone is 2. The summed E-state index contributed by atoms with van der Waals surface area (Å²) < 4.78 is 66.6. The largest absolute Gasteiger partial charge is 0.573 e. The fourth-order valence-electron chi connectivity index (χ4n) is 4.14. The van der Waals surface area contributed by atoms with Gasteiger partial charge in [-0.15, -0.1) is 13.2 Å². The first-order chi connectivity index (χ1) is 14.8. The van der Waals surface area contributed by atoms with Gasteiger partial charge >= 0.3 is 6.36 Å². The van der Waals surface area contributed by atoms with Crippen LogP contribution in [0.2, 0.25) is 0 Å². The molecule has 6 heteroatoms. The molecule has 168 valence electrons. The van der Waals surface area contributed by atoms with Crippen molar-refractivity contribution >= 4 is 0 Å². The third-order valence-corrected chi connectivity index (χ3v) is 5.86. The number of hydrogen-bond acceptors (Lipinski definition) is 1. The second-order valence-electron chi connectivity index (χ2n) is 8.12. The average molecular weight is 438 g/mol. The first kappa shape index (κ1) is 23.3. The van der Waals surface area contributed by atoms with Crippen molar-refractivity contribution in [1.29, 1.82) is 0 Å². The van der Waals surface area contributed by atoms with Crippen LogP contribution < -0.4 is 4.74 Å². The summed E-state index contributed by atoms with van der Waals surface area (Å²) in [5.41, 5.74) is 2.42. The second kappa shape index (κ2) is 10.8. The molecule has 0 N–H and O–H groups in total. The molecule has 0 atom stereocenters. The summed E-state index contributed by atoms with van der Waals surface area (Å²) in [6.45, 7) is -0.294. The van der Waals surface area contributed by atoms with E-state index in [1.54, 1.807) is 0 Å². The van der Waals surface area contributed by atoms with Crippen LogP contribution in [0.5, 0.6) is 5.75 Å². The van der Waals surface area contributed by atoms with Crippen LogP contribution in [0.15, 0.2) is 54.6 Å². The van der Waals surface area contributed by atoms with Crippen LogP contribution in [0, 0.1) is 17.7 Å².